The Bertz CT molecular complexity index is 880. The monoisotopic (exact) mass is 388 g/mol. The summed E-state index contributed by atoms with van der Waals surface area (Å²) in [7, 11) is -3.61. The molecule has 1 N–H and O–H groups in total. The van der Waals surface area contributed by atoms with Crippen molar-refractivity contribution in [2.75, 3.05) is 6.54 Å². The van der Waals surface area contributed by atoms with E-state index in [9.17, 15) is 13.2 Å². The number of hydrogen-bond acceptors (Lipinski definition) is 3. The van der Waals surface area contributed by atoms with E-state index < -0.39 is 10.0 Å². The van der Waals surface area contributed by atoms with Crippen LogP contribution in [0.4, 0.5) is 0 Å². The normalized spacial score (nSPS) is 12.6. The highest BCUT2D eigenvalue weighted by Crippen LogP contribution is 2.21. The molecule has 0 fully saturated rings. The van der Waals surface area contributed by atoms with Crippen molar-refractivity contribution in [3.8, 4) is 0 Å². The molecule has 1 amide bonds. The van der Waals surface area contributed by atoms with E-state index in [0.717, 1.165) is 17.5 Å². The van der Waals surface area contributed by atoms with Crippen molar-refractivity contribution < 1.29 is 13.2 Å². The third kappa shape index (κ3) is 5.17. The number of carbonyl (C=O) groups excluding carboxylic acids is 1. The van der Waals surface area contributed by atoms with Crippen LogP contribution >= 0.6 is 0 Å². The van der Waals surface area contributed by atoms with Crippen molar-refractivity contribution in [3.63, 3.8) is 0 Å². The van der Waals surface area contributed by atoms with Crippen LogP contribution in [-0.2, 0) is 16.6 Å². The second-order valence-corrected chi connectivity index (χ2v) is 8.42. The molecule has 2 rings (SSSR count). The van der Waals surface area contributed by atoms with Crippen LogP contribution in [0, 0.1) is 6.92 Å². The Hall–Kier alpha value is -2.18. The number of amides is 1. The van der Waals surface area contributed by atoms with Crippen molar-refractivity contribution in [2.45, 2.75) is 51.6 Å². The third-order valence-corrected chi connectivity index (χ3v) is 6.21. The molecule has 0 heterocycles. The van der Waals surface area contributed by atoms with Gasteiger partial charge in [-0.15, -0.1) is 0 Å². The van der Waals surface area contributed by atoms with Gasteiger partial charge >= 0.3 is 0 Å². The van der Waals surface area contributed by atoms with Crippen LogP contribution in [0.1, 0.15) is 48.7 Å². The van der Waals surface area contributed by atoms with E-state index >= 15 is 0 Å². The maximum atomic E-state index is 13.3. The van der Waals surface area contributed by atoms with Gasteiger partial charge in [-0.05, 0) is 43.5 Å². The van der Waals surface area contributed by atoms with Gasteiger partial charge in [0.2, 0.25) is 10.0 Å². The molecule has 0 aliphatic carbocycles. The number of nitrogens with one attached hydrogen (secondary N) is 1. The molecule has 1 unspecified atom stereocenters. The Kier molecular flexibility index (Phi) is 7.16. The second-order valence-electron chi connectivity index (χ2n) is 6.65. The highest BCUT2D eigenvalue weighted by Gasteiger charge is 2.24. The number of carbonyl (C=O) groups is 1. The van der Waals surface area contributed by atoms with Gasteiger partial charge in [-0.2, -0.15) is 0 Å². The SMILES string of the molecule is CCNS(=O)(=O)c1ccc(C)c(C(=O)N(Cc2ccccc2)C(C)CC)c1. The van der Waals surface area contributed by atoms with Gasteiger partial charge < -0.3 is 4.90 Å². The van der Waals surface area contributed by atoms with Crippen molar-refractivity contribution >= 4 is 15.9 Å². The molecule has 27 heavy (non-hydrogen) atoms. The summed E-state index contributed by atoms with van der Waals surface area (Å²) < 4.78 is 27.1. The molecule has 2 aromatic carbocycles. The maximum Gasteiger partial charge on any atom is 0.254 e. The summed E-state index contributed by atoms with van der Waals surface area (Å²) in [5.41, 5.74) is 2.22. The van der Waals surface area contributed by atoms with Crippen molar-refractivity contribution in [1.29, 1.82) is 0 Å². The highest BCUT2D eigenvalue weighted by molar-refractivity contribution is 7.89. The topological polar surface area (TPSA) is 66.5 Å². The summed E-state index contributed by atoms with van der Waals surface area (Å²) in [6, 6.07) is 14.6. The molecule has 0 saturated carbocycles. The summed E-state index contributed by atoms with van der Waals surface area (Å²) in [6.07, 6.45) is 0.813. The van der Waals surface area contributed by atoms with Crippen LogP contribution < -0.4 is 4.72 Å². The maximum absolute atomic E-state index is 13.3. The van der Waals surface area contributed by atoms with E-state index in [1.54, 1.807) is 17.9 Å². The lowest BCUT2D eigenvalue weighted by molar-refractivity contribution is 0.0670. The molecule has 146 valence electrons. The van der Waals surface area contributed by atoms with Gasteiger partial charge in [-0.3, -0.25) is 4.79 Å². The quantitative estimate of drug-likeness (QED) is 0.749. The number of rotatable bonds is 8. The first-order chi connectivity index (χ1) is 12.8. The molecule has 5 nitrogen and oxygen atoms in total. The van der Waals surface area contributed by atoms with Crippen LogP contribution in [0.5, 0.6) is 0 Å². The van der Waals surface area contributed by atoms with E-state index in [0.29, 0.717) is 18.7 Å². The first kappa shape index (κ1) is 21.1. The molecule has 0 radical (unpaired) electrons. The van der Waals surface area contributed by atoms with E-state index in [4.69, 9.17) is 0 Å². The standard InChI is InChI=1S/C21H28N2O3S/c1-5-17(4)23(15-18-10-8-7-9-11-18)21(24)20-14-19(13-12-16(20)3)27(25,26)22-6-2/h7-14,17,22H,5-6,15H2,1-4H3. The first-order valence-electron chi connectivity index (χ1n) is 9.25. The molecule has 0 aliphatic rings. The van der Waals surface area contributed by atoms with Crippen molar-refractivity contribution in [2.24, 2.45) is 0 Å². The summed E-state index contributed by atoms with van der Waals surface area (Å²) >= 11 is 0. The zero-order chi connectivity index (χ0) is 20.0. The van der Waals surface area contributed by atoms with Gasteiger partial charge in [0.1, 0.15) is 0 Å². The third-order valence-electron chi connectivity index (χ3n) is 4.66. The fourth-order valence-electron chi connectivity index (χ4n) is 2.86. The molecular weight excluding hydrogens is 360 g/mol. The predicted octanol–water partition coefficient (Wildman–Crippen LogP) is 3.73. The van der Waals surface area contributed by atoms with E-state index in [2.05, 4.69) is 4.72 Å². The minimum Gasteiger partial charge on any atom is -0.332 e. The van der Waals surface area contributed by atoms with Crippen LogP contribution in [0.25, 0.3) is 0 Å². The zero-order valence-electron chi connectivity index (χ0n) is 16.4. The van der Waals surface area contributed by atoms with E-state index in [1.165, 1.54) is 12.1 Å². The molecule has 2 aromatic rings. The number of aryl methyl sites for hydroxylation is 1. The molecule has 1 atom stereocenters. The second kappa shape index (κ2) is 9.15. The minimum absolute atomic E-state index is 0.0335. The first-order valence-corrected chi connectivity index (χ1v) is 10.7. The lowest BCUT2D eigenvalue weighted by Gasteiger charge is -2.29. The lowest BCUT2D eigenvalue weighted by Crippen LogP contribution is -2.38. The zero-order valence-corrected chi connectivity index (χ0v) is 17.2. The molecule has 0 aromatic heterocycles. The molecular formula is C21H28N2O3S. The Balaban J connectivity index is 2.42. The summed E-state index contributed by atoms with van der Waals surface area (Å²) in [6.45, 7) is 8.38. The fourth-order valence-corrected chi connectivity index (χ4v) is 3.92. The highest BCUT2D eigenvalue weighted by atomic mass is 32.2. The number of benzene rings is 2. The summed E-state index contributed by atoms with van der Waals surface area (Å²) in [5, 5.41) is 0. The Morgan fingerprint density at radius 1 is 1.11 bits per heavy atom. The number of nitrogens with zero attached hydrogens (tertiary/aromatic N) is 1. The van der Waals surface area contributed by atoms with Crippen LogP contribution in [-0.4, -0.2) is 31.8 Å². The molecule has 0 saturated heterocycles. The lowest BCUT2D eigenvalue weighted by atomic mass is 10.0. The summed E-state index contributed by atoms with van der Waals surface area (Å²) in [4.78, 5) is 15.2. The predicted molar refractivity (Wildman–Crippen MR) is 108 cm³/mol. The van der Waals surface area contributed by atoms with Gasteiger partial charge in [-0.25, -0.2) is 13.1 Å². The Labute approximate surface area is 162 Å². The minimum atomic E-state index is -3.61. The molecule has 0 spiro atoms. The number of hydrogen-bond donors (Lipinski definition) is 1. The molecule has 0 aliphatic heterocycles. The van der Waals surface area contributed by atoms with Gasteiger partial charge in [0.05, 0.1) is 4.90 Å². The average Bonchev–Trinajstić information content (AvgIpc) is 2.66. The van der Waals surface area contributed by atoms with Gasteiger partial charge in [0.25, 0.3) is 5.91 Å². The smallest absolute Gasteiger partial charge is 0.254 e. The van der Waals surface area contributed by atoms with E-state index in [1.807, 2.05) is 51.1 Å². The van der Waals surface area contributed by atoms with Gasteiger partial charge in [-0.1, -0.05) is 50.2 Å². The Morgan fingerprint density at radius 2 is 1.78 bits per heavy atom. The Morgan fingerprint density at radius 3 is 2.37 bits per heavy atom. The van der Waals surface area contributed by atoms with Crippen LogP contribution in [0.2, 0.25) is 0 Å². The van der Waals surface area contributed by atoms with Crippen LogP contribution in [0.3, 0.4) is 0 Å². The van der Waals surface area contributed by atoms with Gasteiger partial charge in [0.15, 0.2) is 0 Å². The van der Waals surface area contributed by atoms with E-state index in [-0.39, 0.29) is 16.8 Å². The molecule has 6 heteroatoms. The summed E-state index contributed by atoms with van der Waals surface area (Å²) in [5.74, 6) is -0.153. The van der Waals surface area contributed by atoms with Crippen molar-refractivity contribution in [3.05, 3.63) is 65.2 Å². The molecule has 0 bridgehead atoms. The van der Waals surface area contributed by atoms with Crippen LogP contribution in [0.15, 0.2) is 53.4 Å². The fraction of sp³-hybridized carbons (Fsp3) is 0.381. The largest absolute Gasteiger partial charge is 0.332 e. The van der Waals surface area contributed by atoms with Gasteiger partial charge in [0, 0.05) is 24.7 Å². The average molecular weight is 389 g/mol. The van der Waals surface area contributed by atoms with Crippen molar-refractivity contribution in [1.82, 2.24) is 9.62 Å². The number of sulfonamides is 1.